The minimum Gasteiger partial charge on any atom is -0.450 e. The van der Waals surface area contributed by atoms with Gasteiger partial charge in [0.25, 0.3) is 0 Å². The molecule has 2 fully saturated rings. The molecule has 0 spiro atoms. The molecule has 24 heavy (non-hydrogen) atoms. The Hall–Kier alpha value is -1.49. The van der Waals surface area contributed by atoms with Gasteiger partial charge in [-0.2, -0.15) is 0 Å². The van der Waals surface area contributed by atoms with Crippen molar-refractivity contribution >= 4 is 41.7 Å². The minimum atomic E-state index is -0.447. The van der Waals surface area contributed by atoms with Crippen LogP contribution in [0.25, 0.3) is 0 Å². The summed E-state index contributed by atoms with van der Waals surface area (Å²) in [4.78, 5) is 38.8. The summed E-state index contributed by atoms with van der Waals surface area (Å²) in [6.45, 7) is 4.04. The predicted molar refractivity (Wildman–Crippen MR) is 91.6 cm³/mol. The van der Waals surface area contributed by atoms with Gasteiger partial charge in [-0.05, 0) is 13.8 Å². The van der Waals surface area contributed by atoms with E-state index in [1.165, 1.54) is 33.3 Å². The summed E-state index contributed by atoms with van der Waals surface area (Å²) in [6.07, 6.45) is -1.76. The summed E-state index contributed by atoms with van der Waals surface area (Å²) < 4.78 is 9.95. The molecule has 2 atom stereocenters. The first kappa shape index (κ1) is 18.8. The molecule has 0 aromatic carbocycles. The van der Waals surface area contributed by atoms with Gasteiger partial charge in [-0.15, -0.1) is 23.5 Å². The van der Waals surface area contributed by atoms with Crippen LogP contribution in [0.1, 0.15) is 13.8 Å². The SMILES string of the molecule is CCOC(=O)N1CSC[C@H]1NC(=O)N[C@@H]1CSCN1C(=O)OCC. The second kappa shape index (κ2) is 9.11. The number of nitrogens with zero attached hydrogens (tertiary/aromatic N) is 2. The highest BCUT2D eigenvalue weighted by Crippen LogP contribution is 2.21. The van der Waals surface area contributed by atoms with E-state index in [-0.39, 0.29) is 13.2 Å². The Morgan fingerprint density at radius 2 is 1.33 bits per heavy atom. The monoisotopic (exact) mass is 378 g/mol. The van der Waals surface area contributed by atoms with E-state index in [1.54, 1.807) is 13.8 Å². The second-order valence-electron chi connectivity index (χ2n) is 4.99. The first-order valence-electron chi connectivity index (χ1n) is 7.66. The van der Waals surface area contributed by atoms with E-state index in [9.17, 15) is 14.4 Å². The van der Waals surface area contributed by atoms with Crippen LogP contribution in [0.4, 0.5) is 14.4 Å². The van der Waals surface area contributed by atoms with Crippen molar-refractivity contribution in [1.29, 1.82) is 0 Å². The summed E-state index contributed by atoms with van der Waals surface area (Å²) in [5.41, 5.74) is 0. The van der Waals surface area contributed by atoms with Gasteiger partial charge in [-0.25, -0.2) is 14.4 Å². The van der Waals surface area contributed by atoms with Crippen molar-refractivity contribution in [2.45, 2.75) is 26.2 Å². The van der Waals surface area contributed by atoms with Crippen molar-refractivity contribution in [2.75, 3.05) is 36.5 Å². The number of thioether (sulfide) groups is 2. The number of amides is 4. The summed E-state index contributed by atoms with van der Waals surface area (Å²) in [7, 11) is 0. The van der Waals surface area contributed by atoms with Gasteiger partial charge < -0.3 is 20.1 Å². The van der Waals surface area contributed by atoms with Crippen molar-refractivity contribution in [3.8, 4) is 0 Å². The Bertz CT molecular complexity index is 441. The zero-order chi connectivity index (χ0) is 17.5. The molecular formula is C13H22N4O5S2. The molecule has 0 saturated carbocycles. The first-order chi connectivity index (χ1) is 11.6. The van der Waals surface area contributed by atoms with E-state index in [0.29, 0.717) is 23.3 Å². The summed E-state index contributed by atoms with van der Waals surface area (Å²) in [5, 5.41) is 5.51. The van der Waals surface area contributed by atoms with E-state index < -0.39 is 30.5 Å². The summed E-state index contributed by atoms with van der Waals surface area (Å²) >= 11 is 3.07. The van der Waals surface area contributed by atoms with Gasteiger partial charge in [0.2, 0.25) is 0 Å². The first-order valence-corrected chi connectivity index (χ1v) is 9.97. The van der Waals surface area contributed by atoms with Crippen LogP contribution in [0.5, 0.6) is 0 Å². The lowest BCUT2D eigenvalue weighted by atomic mass is 10.4. The fraction of sp³-hybridized carbons (Fsp3) is 0.769. The third-order valence-electron chi connectivity index (χ3n) is 3.36. The van der Waals surface area contributed by atoms with Gasteiger partial charge in [0.15, 0.2) is 0 Å². The Kier molecular flexibility index (Phi) is 7.16. The molecular weight excluding hydrogens is 356 g/mol. The van der Waals surface area contributed by atoms with Gasteiger partial charge >= 0.3 is 18.2 Å². The molecule has 9 nitrogen and oxygen atoms in total. The zero-order valence-electron chi connectivity index (χ0n) is 13.6. The van der Waals surface area contributed by atoms with Crippen molar-refractivity contribution in [2.24, 2.45) is 0 Å². The molecule has 0 aliphatic carbocycles. The van der Waals surface area contributed by atoms with Crippen LogP contribution < -0.4 is 10.6 Å². The smallest absolute Gasteiger partial charge is 0.412 e. The lowest BCUT2D eigenvalue weighted by Crippen LogP contribution is -2.56. The fourth-order valence-electron chi connectivity index (χ4n) is 2.24. The van der Waals surface area contributed by atoms with Crippen LogP contribution in [-0.2, 0) is 9.47 Å². The van der Waals surface area contributed by atoms with E-state index >= 15 is 0 Å². The Morgan fingerprint density at radius 3 is 1.71 bits per heavy atom. The standard InChI is InChI=1S/C13H22N4O5S2/c1-3-21-12(19)16-7-23-5-9(16)14-11(18)15-10-6-24-8-17(10)13(20)22-4-2/h9-10H,3-8H2,1-2H3,(H2,14,15,18)/t9-,10-/m0/s1. The number of carbonyl (C=O) groups is 3. The molecule has 11 heteroatoms. The van der Waals surface area contributed by atoms with Crippen LogP contribution in [0.2, 0.25) is 0 Å². The number of carbonyl (C=O) groups excluding carboxylic acids is 3. The third kappa shape index (κ3) is 4.76. The van der Waals surface area contributed by atoms with Gasteiger partial charge in [0.1, 0.15) is 12.3 Å². The molecule has 2 N–H and O–H groups in total. The quantitative estimate of drug-likeness (QED) is 0.760. The van der Waals surface area contributed by atoms with Crippen molar-refractivity contribution < 1.29 is 23.9 Å². The highest BCUT2D eigenvalue weighted by atomic mass is 32.2. The molecule has 0 aromatic heterocycles. The van der Waals surface area contributed by atoms with Crippen molar-refractivity contribution in [3.63, 3.8) is 0 Å². The summed E-state index contributed by atoms with van der Waals surface area (Å²) in [5.74, 6) is 2.12. The lowest BCUT2D eigenvalue weighted by molar-refractivity contribution is 0.0976. The average molecular weight is 378 g/mol. The Balaban J connectivity index is 1.86. The van der Waals surface area contributed by atoms with Crippen molar-refractivity contribution in [1.82, 2.24) is 20.4 Å². The van der Waals surface area contributed by atoms with E-state index in [1.807, 2.05) is 0 Å². The van der Waals surface area contributed by atoms with Crippen molar-refractivity contribution in [3.05, 3.63) is 0 Å². The van der Waals surface area contributed by atoms with E-state index in [2.05, 4.69) is 10.6 Å². The number of nitrogens with one attached hydrogen (secondary N) is 2. The van der Waals surface area contributed by atoms with Crippen LogP contribution in [0, 0.1) is 0 Å². The highest BCUT2D eigenvalue weighted by molar-refractivity contribution is 7.99. The van der Waals surface area contributed by atoms with E-state index in [4.69, 9.17) is 9.47 Å². The lowest BCUT2D eigenvalue weighted by Gasteiger charge is -2.27. The zero-order valence-corrected chi connectivity index (χ0v) is 15.3. The third-order valence-corrected chi connectivity index (χ3v) is 5.39. The Labute approximate surface area is 149 Å². The van der Waals surface area contributed by atoms with Crippen LogP contribution in [0.15, 0.2) is 0 Å². The number of urea groups is 1. The molecule has 2 saturated heterocycles. The van der Waals surface area contributed by atoms with Gasteiger partial charge in [-0.1, -0.05) is 0 Å². The highest BCUT2D eigenvalue weighted by Gasteiger charge is 2.34. The number of ether oxygens (including phenoxy) is 2. The molecule has 2 aliphatic rings. The molecule has 0 radical (unpaired) electrons. The maximum absolute atomic E-state index is 12.2. The molecule has 2 heterocycles. The second-order valence-corrected chi connectivity index (χ2v) is 6.99. The number of hydrogen-bond acceptors (Lipinski definition) is 7. The fourth-order valence-corrected chi connectivity index (χ4v) is 4.39. The molecule has 0 unspecified atom stereocenters. The maximum atomic E-state index is 12.2. The van der Waals surface area contributed by atoms with E-state index in [0.717, 1.165) is 0 Å². The summed E-state index contributed by atoms with van der Waals surface area (Å²) in [6, 6.07) is -0.432. The normalized spacial score (nSPS) is 23.1. The van der Waals surface area contributed by atoms with Gasteiger partial charge in [0, 0.05) is 11.5 Å². The van der Waals surface area contributed by atoms with Gasteiger partial charge in [-0.3, -0.25) is 9.80 Å². The maximum Gasteiger partial charge on any atom is 0.412 e. The van der Waals surface area contributed by atoms with Crippen LogP contribution in [0.3, 0.4) is 0 Å². The minimum absolute atomic E-state index is 0.284. The number of hydrogen-bond donors (Lipinski definition) is 2. The van der Waals surface area contributed by atoms with Crippen LogP contribution in [-0.4, -0.2) is 76.8 Å². The largest absolute Gasteiger partial charge is 0.450 e. The molecule has 136 valence electrons. The van der Waals surface area contributed by atoms with Crippen LogP contribution >= 0.6 is 23.5 Å². The molecule has 0 bridgehead atoms. The van der Waals surface area contributed by atoms with Gasteiger partial charge in [0.05, 0.1) is 25.0 Å². The molecule has 2 rings (SSSR count). The molecule has 4 amide bonds. The average Bonchev–Trinajstić information content (AvgIpc) is 3.17. The predicted octanol–water partition coefficient (Wildman–Crippen LogP) is 1.26. The topological polar surface area (TPSA) is 100 Å². The molecule has 0 aromatic rings. The molecule has 2 aliphatic heterocycles. The Morgan fingerprint density at radius 1 is 0.917 bits per heavy atom. The number of rotatable bonds is 4.